The van der Waals surface area contributed by atoms with E-state index >= 15 is 0 Å². The van der Waals surface area contributed by atoms with Gasteiger partial charge < -0.3 is 0 Å². The summed E-state index contributed by atoms with van der Waals surface area (Å²) in [7, 11) is -3.22. The molecule has 1 aromatic rings. The van der Waals surface area contributed by atoms with Gasteiger partial charge in [0.2, 0.25) is 6.29 Å². The highest BCUT2D eigenvalue weighted by atomic mass is 32.2. The summed E-state index contributed by atoms with van der Waals surface area (Å²) in [5, 5.41) is 0. The van der Waals surface area contributed by atoms with E-state index in [1.165, 1.54) is 69.2 Å². The third kappa shape index (κ3) is 8.31. The zero-order valence-corrected chi connectivity index (χ0v) is 15.0. The minimum Gasteiger partial charge on any atom is -0.285 e. The fraction of sp³-hybridized carbons (Fsp3) is 0.632. The maximum atomic E-state index is 12.2. The van der Waals surface area contributed by atoms with Crippen molar-refractivity contribution in [2.75, 3.05) is 5.75 Å². The van der Waals surface area contributed by atoms with Crippen molar-refractivity contribution >= 4 is 16.1 Å². The number of carbonyl (C=O) groups excluding carboxylic acids is 1. The molecule has 0 heterocycles. The molecule has 0 saturated heterocycles. The van der Waals surface area contributed by atoms with Crippen LogP contribution in [0.25, 0.3) is 0 Å². The molecule has 129 valence electrons. The highest BCUT2D eigenvalue weighted by Gasteiger charge is 2.13. The molecule has 1 rings (SSSR count). The van der Waals surface area contributed by atoms with E-state index in [0.29, 0.717) is 16.9 Å². The van der Waals surface area contributed by atoms with Gasteiger partial charge in [0.15, 0.2) is 9.84 Å². The predicted molar refractivity (Wildman–Crippen MR) is 95.1 cm³/mol. The van der Waals surface area contributed by atoms with E-state index in [1.54, 1.807) is 6.29 Å². The van der Waals surface area contributed by atoms with Gasteiger partial charge in [0.1, 0.15) is 0 Å². The van der Waals surface area contributed by atoms with E-state index in [0.717, 1.165) is 12.8 Å². The number of unbranched alkanes of at least 4 members (excludes halogenated alkanes) is 9. The van der Waals surface area contributed by atoms with Crippen LogP contribution in [-0.2, 0) is 14.6 Å². The number of rotatable bonds is 13. The molecule has 4 heteroatoms. The summed E-state index contributed by atoms with van der Waals surface area (Å²) >= 11 is 0. The SMILES string of the molecule is CCCCCCCCCCCCS(=O)(=O)c1ccc([C]=O)cc1. The molecule has 3 nitrogen and oxygen atoms in total. The topological polar surface area (TPSA) is 51.2 Å². The zero-order chi connectivity index (χ0) is 17.0. The van der Waals surface area contributed by atoms with Gasteiger partial charge in [-0.25, -0.2) is 8.42 Å². The summed E-state index contributed by atoms with van der Waals surface area (Å²) in [6, 6.07) is 5.98. The lowest BCUT2D eigenvalue weighted by Gasteiger charge is -2.05. The van der Waals surface area contributed by atoms with Crippen molar-refractivity contribution in [1.82, 2.24) is 0 Å². The largest absolute Gasteiger partial charge is 0.285 e. The molecule has 0 unspecified atom stereocenters. The molecule has 0 amide bonds. The van der Waals surface area contributed by atoms with Gasteiger partial charge in [0.25, 0.3) is 0 Å². The van der Waals surface area contributed by atoms with Crippen LogP contribution in [0, 0.1) is 0 Å². The Kier molecular flexibility index (Phi) is 9.85. The van der Waals surface area contributed by atoms with Gasteiger partial charge in [0.05, 0.1) is 10.6 Å². The van der Waals surface area contributed by atoms with Crippen molar-refractivity contribution < 1.29 is 13.2 Å². The molecule has 0 aromatic heterocycles. The average molecular weight is 338 g/mol. The van der Waals surface area contributed by atoms with Crippen LogP contribution in [0.15, 0.2) is 29.2 Å². The first-order valence-electron chi connectivity index (χ1n) is 8.81. The van der Waals surface area contributed by atoms with Crippen LogP contribution < -0.4 is 0 Å². The van der Waals surface area contributed by atoms with Gasteiger partial charge >= 0.3 is 0 Å². The molecule has 0 aliphatic carbocycles. The predicted octanol–water partition coefficient (Wildman–Crippen LogP) is 4.84. The second-order valence-corrected chi connectivity index (χ2v) is 8.24. The molecule has 0 fully saturated rings. The highest BCUT2D eigenvalue weighted by Crippen LogP contribution is 2.15. The van der Waals surface area contributed by atoms with Crippen LogP contribution >= 0.6 is 0 Å². The lowest BCUT2D eigenvalue weighted by Crippen LogP contribution is -2.06. The summed E-state index contributed by atoms with van der Waals surface area (Å²) < 4.78 is 24.3. The van der Waals surface area contributed by atoms with Crippen LogP contribution in [0.5, 0.6) is 0 Å². The summed E-state index contributed by atoms with van der Waals surface area (Å²) in [6.45, 7) is 2.23. The van der Waals surface area contributed by atoms with Crippen LogP contribution in [0.2, 0.25) is 0 Å². The molecule has 0 aliphatic rings. The molecule has 23 heavy (non-hydrogen) atoms. The maximum absolute atomic E-state index is 12.2. The van der Waals surface area contributed by atoms with Crippen molar-refractivity contribution in [2.45, 2.75) is 76.0 Å². The quantitative estimate of drug-likeness (QED) is 0.484. The fourth-order valence-electron chi connectivity index (χ4n) is 2.63. The number of hydrogen-bond donors (Lipinski definition) is 0. The minimum absolute atomic E-state index is 0.188. The van der Waals surface area contributed by atoms with Gasteiger partial charge in [-0.1, -0.05) is 64.7 Å². The third-order valence-electron chi connectivity index (χ3n) is 4.10. The van der Waals surface area contributed by atoms with E-state index in [-0.39, 0.29) is 5.75 Å². The van der Waals surface area contributed by atoms with Crippen molar-refractivity contribution in [3.05, 3.63) is 29.8 Å². The van der Waals surface area contributed by atoms with Gasteiger partial charge in [-0.05, 0) is 30.7 Å². The Balaban J connectivity index is 2.15. The van der Waals surface area contributed by atoms with E-state index in [2.05, 4.69) is 6.92 Å². The molecular weight excluding hydrogens is 308 g/mol. The molecule has 0 aliphatic heterocycles. The number of benzene rings is 1. The Labute approximate surface area is 141 Å². The lowest BCUT2D eigenvalue weighted by atomic mass is 10.1. The van der Waals surface area contributed by atoms with Gasteiger partial charge in [-0.3, -0.25) is 4.79 Å². The number of sulfone groups is 1. The smallest absolute Gasteiger partial charge is 0.233 e. The van der Waals surface area contributed by atoms with E-state index in [1.807, 2.05) is 0 Å². The second-order valence-electron chi connectivity index (χ2n) is 6.13. The van der Waals surface area contributed by atoms with Gasteiger partial charge in [-0.2, -0.15) is 0 Å². The van der Waals surface area contributed by atoms with Crippen molar-refractivity contribution in [3.8, 4) is 0 Å². The van der Waals surface area contributed by atoms with Gasteiger partial charge in [-0.15, -0.1) is 0 Å². The Morgan fingerprint density at radius 3 is 1.74 bits per heavy atom. The van der Waals surface area contributed by atoms with E-state index in [9.17, 15) is 13.2 Å². The summed E-state index contributed by atoms with van der Waals surface area (Å²) in [6.07, 6.45) is 13.6. The third-order valence-corrected chi connectivity index (χ3v) is 5.91. The maximum Gasteiger partial charge on any atom is 0.233 e. The highest BCUT2D eigenvalue weighted by molar-refractivity contribution is 7.91. The molecule has 0 saturated carbocycles. The monoisotopic (exact) mass is 337 g/mol. The van der Waals surface area contributed by atoms with Crippen LogP contribution in [0.3, 0.4) is 0 Å². The fourth-order valence-corrected chi connectivity index (χ4v) is 4.00. The molecule has 0 atom stereocenters. The van der Waals surface area contributed by atoms with Crippen molar-refractivity contribution in [1.29, 1.82) is 0 Å². The standard InChI is InChI=1S/C19H29O3S/c1-2-3-4-5-6-7-8-9-10-11-16-23(21,22)19-14-12-18(17-20)13-15-19/h12-15H,2-11,16H2,1H3. The minimum atomic E-state index is -3.22. The Bertz CT molecular complexity index is 532. The second kappa shape index (κ2) is 11.4. The molecule has 0 bridgehead atoms. The summed E-state index contributed by atoms with van der Waals surface area (Å²) in [4.78, 5) is 10.8. The number of hydrogen-bond acceptors (Lipinski definition) is 3. The first-order chi connectivity index (χ1) is 11.1. The summed E-state index contributed by atoms with van der Waals surface area (Å²) in [5.41, 5.74) is 0.378. The molecular formula is C19H29O3S. The van der Waals surface area contributed by atoms with E-state index in [4.69, 9.17) is 0 Å². The lowest BCUT2D eigenvalue weighted by molar-refractivity contribution is 0.557. The molecule has 1 radical (unpaired) electrons. The van der Waals surface area contributed by atoms with Crippen LogP contribution in [0.4, 0.5) is 0 Å². The molecule has 1 aromatic carbocycles. The van der Waals surface area contributed by atoms with Crippen molar-refractivity contribution in [2.24, 2.45) is 0 Å². The first-order valence-corrected chi connectivity index (χ1v) is 10.5. The van der Waals surface area contributed by atoms with Crippen LogP contribution in [0.1, 0.15) is 76.7 Å². The molecule has 0 spiro atoms. The first kappa shape index (κ1) is 19.9. The van der Waals surface area contributed by atoms with Crippen LogP contribution in [-0.4, -0.2) is 20.5 Å². The zero-order valence-electron chi connectivity index (χ0n) is 14.2. The Hall–Kier alpha value is -1.16. The normalized spacial score (nSPS) is 11.5. The molecule has 0 N–H and O–H groups in total. The van der Waals surface area contributed by atoms with Crippen molar-refractivity contribution in [3.63, 3.8) is 0 Å². The Morgan fingerprint density at radius 2 is 1.26 bits per heavy atom. The average Bonchev–Trinajstić information content (AvgIpc) is 2.56. The summed E-state index contributed by atoms with van der Waals surface area (Å²) in [5.74, 6) is 0.188. The van der Waals surface area contributed by atoms with E-state index < -0.39 is 9.84 Å². The van der Waals surface area contributed by atoms with Gasteiger partial charge in [0, 0.05) is 5.56 Å². The Morgan fingerprint density at radius 1 is 0.783 bits per heavy atom.